The van der Waals surface area contributed by atoms with Gasteiger partial charge >= 0.3 is 0 Å². The number of ether oxygens (including phenoxy) is 1. The third-order valence-corrected chi connectivity index (χ3v) is 5.33. The summed E-state index contributed by atoms with van der Waals surface area (Å²) in [6, 6.07) is 0. The van der Waals surface area contributed by atoms with E-state index in [9.17, 15) is 0 Å². The van der Waals surface area contributed by atoms with Crippen molar-refractivity contribution in [2.24, 2.45) is 4.99 Å². The molecule has 1 aromatic heterocycles. The summed E-state index contributed by atoms with van der Waals surface area (Å²) in [5.41, 5.74) is 1.12. The minimum Gasteiger partial charge on any atom is -0.376 e. The first-order chi connectivity index (χ1) is 11.8. The van der Waals surface area contributed by atoms with Crippen LogP contribution in [-0.2, 0) is 11.2 Å². The van der Waals surface area contributed by atoms with E-state index in [2.05, 4.69) is 26.0 Å². The summed E-state index contributed by atoms with van der Waals surface area (Å²) in [6.45, 7) is 4.51. The van der Waals surface area contributed by atoms with Gasteiger partial charge in [0.25, 0.3) is 0 Å². The van der Waals surface area contributed by atoms with Gasteiger partial charge in [0, 0.05) is 37.6 Å². The van der Waals surface area contributed by atoms with Crippen LogP contribution in [0.1, 0.15) is 55.6 Å². The van der Waals surface area contributed by atoms with Crippen LogP contribution in [0, 0.1) is 6.92 Å². The number of aryl methyl sites for hydroxylation is 2. The lowest BCUT2D eigenvalue weighted by atomic mass is 10.1. The van der Waals surface area contributed by atoms with Crippen molar-refractivity contribution in [3.05, 3.63) is 16.1 Å². The van der Waals surface area contributed by atoms with Gasteiger partial charge in [0.1, 0.15) is 0 Å². The van der Waals surface area contributed by atoms with Gasteiger partial charge in [-0.25, -0.2) is 4.98 Å². The van der Waals surface area contributed by atoms with Crippen molar-refractivity contribution in [3.63, 3.8) is 0 Å². The zero-order valence-electron chi connectivity index (χ0n) is 15.1. The molecule has 6 heteroatoms. The molecule has 0 amide bonds. The van der Waals surface area contributed by atoms with Gasteiger partial charge in [0.2, 0.25) is 0 Å². The third kappa shape index (κ3) is 7.62. The highest BCUT2D eigenvalue weighted by Gasteiger charge is 2.12. The lowest BCUT2D eigenvalue weighted by Crippen LogP contribution is -2.39. The highest BCUT2D eigenvalue weighted by atomic mass is 32.1. The minimum absolute atomic E-state index is 0.464. The summed E-state index contributed by atoms with van der Waals surface area (Å²) < 4.78 is 5.99. The number of aliphatic imine (C=N–C) groups is 1. The summed E-state index contributed by atoms with van der Waals surface area (Å²) in [5, 5.41) is 10.0. The molecule has 136 valence electrons. The predicted octanol–water partition coefficient (Wildman–Crippen LogP) is 3.29. The molecule has 1 heterocycles. The zero-order chi connectivity index (χ0) is 17.0. The predicted molar refractivity (Wildman–Crippen MR) is 102 cm³/mol. The van der Waals surface area contributed by atoms with Crippen LogP contribution in [0.3, 0.4) is 0 Å². The lowest BCUT2D eigenvalue weighted by molar-refractivity contribution is 0.0468. The molecule has 0 bridgehead atoms. The second-order valence-corrected chi connectivity index (χ2v) is 7.34. The molecule has 0 atom stereocenters. The Labute approximate surface area is 150 Å². The van der Waals surface area contributed by atoms with Crippen molar-refractivity contribution in [1.82, 2.24) is 15.6 Å². The van der Waals surface area contributed by atoms with Crippen LogP contribution >= 0.6 is 11.3 Å². The van der Waals surface area contributed by atoms with E-state index in [1.54, 1.807) is 11.3 Å². The molecule has 0 saturated heterocycles. The summed E-state index contributed by atoms with van der Waals surface area (Å²) in [4.78, 5) is 8.75. The maximum Gasteiger partial charge on any atom is 0.191 e. The first-order valence-electron chi connectivity index (χ1n) is 9.25. The molecule has 1 saturated carbocycles. The zero-order valence-corrected chi connectivity index (χ0v) is 16.0. The number of guanidine groups is 1. The monoisotopic (exact) mass is 352 g/mol. The van der Waals surface area contributed by atoms with Gasteiger partial charge < -0.3 is 15.4 Å². The molecular weight excluding hydrogens is 320 g/mol. The Balaban J connectivity index is 1.52. The molecule has 0 aromatic carbocycles. The van der Waals surface area contributed by atoms with E-state index in [4.69, 9.17) is 4.74 Å². The van der Waals surface area contributed by atoms with Gasteiger partial charge in [-0.05, 0) is 26.2 Å². The van der Waals surface area contributed by atoms with Gasteiger partial charge in [0.05, 0.1) is 17.7 Å². The van der Waals surface area contributed by atoms with E-state index in [0.717, 1.165) is 44.2 Å². The number of nitrogens with zero attached hydrogens (tertiary/aromatic N) is 2. The first-order valence-corrected chi connectivity index (χ1v) is 10.1. The summed E-state index contributed by atoms with van der Waals surface area (Å²) in [5.74, 6) is 0.856. The quantitative estimate of drug-likeness (QED) is 0.326. The Morgan fingerprint density at radius 2 is 2.00 bits per heavy atom. The number of thiazole rings is 1. The molecule has 0 aliphatic heterocycles. The first kappa shape index (κ1) is 19.2. The van der Waals surface area contributed by atoms with Gasteiger partial charge in [-0.2, -0.15) is 0 Å². The van der Waals surface area contributed by atoms with Crippen molar-refractivity contribution in [2.45, 2.75) is 64.4 Å². The number of hydrogen-bond acceptors (Lipinski definition) is 4. The molecule has 0 spiro atoms. The summed E-state index contributed by atoms with van der Waals surface area (Å²) >= 11 is 1.74. The van der Waals surface area contributed by atoms with Gasteiger partial charge in [-0.1, -0.05) is 25.7 Å². The average molecular weight is 353 g/mol. The molecular formula is C18H32N4OS. The van der Waals surface area contributed by atoms with Crippen LogP contribution in [0.25, 0.3) is 0 Å². The van der Waals surface area contributed by atoms with Crippen molar-refractivity contribution in [2.75, 3.05) is 26.7 Å². The van der Waals surface area contributed by atoms with Gasteiger partial charge in [-0.15, -0.1) is 11.3 Å². The minimum atomic E-state index is 0.464. The molecule has 1 aliphatic carbocycles. The van der Waals surface area contributed by atoms with Crippen molar-refractivity contribution in [1.29, 1.82) is 0 Å². The van der Waals surface area contributed by atoms with E-state index in [-0.39, 0.29) is 0 Å². The SMILES string of the molecule is CN=C(NCCCc1nc(C)cs1)NCCOC1CCCCCC1. The Kier molecular flexibility index (Phi) is 9.13. The normalized spacial score (nSPS) is 16.8. The molecule has 2 rings (SSSR count). The molecule has 1 aliphatic rings. The Morgan fingerprint density at radius 3 is 2.67 bits per heavy atom. The van der Waals surface area contributed by atoms with Crippen LogP contribution in [0.4, 0.5) is 0 Å². The molecule has 1 aromatic rings. The van der Waals surface area contributed by atoms with E-state index in [1.165, 1.54) is 43.5 Å². The highest BCUT2D eigenvalue weighted by molar-refractivity contribution is 7.09. The van der Waals surface area contributed by atoms with E-state index < -0.39 is 0 Å². The fourth-order valence-electron chi connectivity index (χ4n) is 2.99. The number of aromatic nitrogens is 1. The second kappa shape index (κ2) is 11.4. The Morgan fingerprint density at radius 1 is 1.25 bits per heavy atom. The summed E-state index contributed by atoms with van der Waals surface area (Å²) in [6.07, 6.45) is 10.4. The number of hydrogen-bond donors (Lipinski definition) is 2. The van der Waals surface area contributed by atoms with Crippen molar-refractivity contribution >= 4 is 17.3 Å². The van der Waals surface area contributed by atoms with Crippen LogP contribution < -0.4 is 10.6 Å². The fraction of sp³-hybridized carbons (Fsp3) is 0.778. The highest BCUT2D eigenvalue weighted by Crippen LogP contribution is 2.19. The summed E-state index contributed by atoms with van der Waals surface area (Å²) in [7, 11) is 1.81. The molecule has 2 N–H and O–H groups in total. The van der Waals surface area contributed by atoms with Gasteiger partial charge in [0.15, 0.2) is 5.96 Å². The van der Waals surface area contributed by atoms with Crippen LogP contribution in [0.5, 0.6) is 0 Å². The molecule has 1 fully saturated rings. The second-order valence-electron chi connectivity index (χ2n) is 6.40. The number of rotatable bonds is 8. The van der Waals surface area contributed by atoms with E-state index in [1.807, 2.05) is 14.0 Å². The van der Waals surface area contributed by atoms with Crippen LogP contribution in [0.15, 0.2) is 10.4 Å². The Bertz CT molecular complexity index is 481. The topological polar surface area (TPSA) is 58.5 Å². The van der Waals surface area contributed by atoms with Crippen molar-refractivity contribution in [3.8, 4) is 0 Å². The van der Waals surface area contributed by atoms with Gasteiger partial charge in [-0.3, -0.25) is 4.99 Å². The van der Waals surface area contributed by atoms with Crippen molar-refractivity contribution < 1.29 is 4.74 Å². The maximum absolute atomic E-state index is 5.99. The third-order valence-electron chi connectivity index (χ3n) is 4.30. The van der Waals surface area contributed by atoms with Crippen LogP contribution in [0.2, 0.25) is 0 Å². The smallest absolute Gasteiger partial charge is 0.191 e. The van der Waals surface area contributed by atoms with Crippen LogP contribution in [-0.4, -0.2) is 43.8 Å². The molecule has 0 unspecified atom stereocenters. The molecule has 5 nitrogen and oxygen atoms in total. The number of nitrogens with one attached hydrogen (secondary N) is 2. The largest absolute Gasteiger partial charge is 0.376 e. The maximum atomic E-state index is 5.99. The fourth-order valence-corrected chi connectivity index (χ4v) is 3.81. The van der Waals surface area contributed by atoms with E-state index in [0.29, 0.717) is 6.10 Å². The standard InChI is InChI=1S/C18H32N4OS/c1-15-14-24-17(22-15)10-7-11-20-18(19-2)21-12-13-23-16-8-5-3-4-6-9-16/h14,16H,3-13H2,1-2H3,(H2,19,20,21). The molecule has 0 radical (unpaired) electrons. The average Bonchev–Trinajstić information content (AvgIpc) is 2.84. The van der Waals surface area contributed by atoms with E-state index >= 15 is 0 Å². The molecule has 24 heavy (non-hydrogen) atoms. The Hall–Kier alpha value is -1.14. The lowest BCUT2D eigenvalue weighted by Gasteiger charge is -2.16.